The van der Waals surface area contributed by atoms with Crippen molar-refractivity contribution in [2.45, 2.75) is 19.9 Å². The maximum absolute atomic E-state index is 4.36. The van der Waals surface area contributed by atoms with Crippen molar-refractivity contribution in [3.8, 4) is 0 Å². The van der Waals surface area contributed by atoms with Crippen LogP contribution in [0.1, 0.15) is 16.8 Å². The molecule has 5 nitrogen and oxygen atoms in total. The first-order chi connectivity index (χ1) is 10.6. The van der Waals surface area contributed by atoms with Gasteiger partial charge in [-0.2, -0.15) is 0 Å². The van der Waals surface area contributed by atoms with Crippen LogP contribution in [-0.2, 0) is 20.0 Å². The second-order valence-corrected chi connectivity index (χ2v) is 5.49. The molecule has 2 rings (SSSR count). The number of pyridine rings is 1. The average Bonchev–Trinajstić information content (AvgIpc) is 2.90. The van der Waals surface area contributed by atoms with E-state index in [4.69, 9.17) is 0 Å². The highest BCUT2D eigenvalue weighted by Gasteiger charge is 2.08. The number of aromatic nitrogens is 2. The van der Waals surface area contributed by atoms with Gasteiger partial charge in [-0.05, 0) is 42.7 Å². The molecule has 22 heavy (non-hydrogen) atoms. The van der Waals surface area contributed by atoms with Crippen LogP contribution >= 0.6 is 0 Å². The van der Waals surface area contributed by atoms with Crippen molar-refractivity contribution in [2.75, 3.05) is 20.6 Å². The molecule has 0 radical (unpaired) electrons. The summed E-state index contributed by atoms with van der Waals surface area (Å²) in [6.07, 6.45) is 6.78. The van der Waals surface area contributed by atoms with Crippen LogP contribution in [0.4, 0.5) is 0 Å². The lowest BCUT2D eigenvalue weighted by atomic mass is 10.1. The molecule has 118 valence electrons. The van der Waals surface area contributed by atoms with Gasteiger partial charge in [0.15, 0.2) is 5.96 Å². The molecule has 0 fully saturated rings. The van der Waals surface area contributed by atoms with Crippen molar-refractivity contribution in [3.63, 3.8) is 0 Å². The van der Waals surface area contributed by atoms with Gasteiger partial charge in [0.25, 0.3) is 0 Å². The van der Waals surface area contributed by atoms with Gasteiger partial charge in [-0.25, -0.2) is 0 Å². The van der Waals surface area contributed by atoms with Crippen LogP contribution in [0.15, 0.2) is 41.8 Å². The van der Waals surface area contributed by atoms with Gasteiger partial charge in [0.2, 0.25) is 0 Å². The SMILES string of the molecule is CN=C(NCCc1ccncc1C)N(C)Cc1cccn1C. The summed E-state index contributed by atoms with van der Waals surface area (Å²) in [7, 11) is 5.94. The summed E-state index contributed by atoms with van der Waals surface area (Å²) in [4.78, 5) is 10.6. The molecule has 0 bridgehead atoms. The molecule has 0 aliphatic heterocycles. The second kappa shape index (κ2) is 7.64. The van der Waals surface area contributed by atoms with Gasteiger partial charge in [0.1, 0.15) is 0 Å². The Labute approximate surface area is 132 Å². The zero-order valence-electron chi connectivity index (χ0n) is 13.9. The van der Waals surface area contributed by atoms with Gasteiger partial charge >= 0.3 is 0 Å². The van der Waals surface area contributed by atoms with Crippen molar-refractivity contribution in [1.29, 1.82) is 0 Å². The van der Waals surface area contributed by atoms with Crippen LogP contribution in [-0.4, -0.2) is 41.1 Å². The number of hydrogen-bond acceptors (Lipinski definition) is 2. The summed E-state index contributed by atoms with van der Waals surface area (Å²) in [5.74, 6) is 0.910. The number of hydrogen-bond donors (Lipinski definition) is 1. The fourth-order valence-electron chi connectivity index (χ4n) is 2.46. The van der Waals surface area contributed by atoms with Gasteiger partial charge < -0.3 is 14.8 Å². The first-order valence-corrected chi connectivity index (χ1v) is 7.53. The van der Waals surface area contributed by atoms with Gasteiger partial charge in [-0.3, -0.25) is 9.98 Å². The van der Waals surface area contributed by atoms with Crippen molar-refractivity contribution in [1.82, 2.24) is 19.8 Å². The predicted octanol–water partition coefficient (Wildman–Crippen LogP) is 1.98. The van der Waals surface area contributed by atoms with E-state index in [-0.39, 0.29) is 0 Å². The van der Waals surface area contributed by atoms with E-state index in [2.05, 4.69) is 70.2 Å². The molecule has 2 heterocycles. The van der Waals surface area contributed by atoms with Crippen LogP contribution in [0, 0.1) is 6.92 Å². The molecule has 1 N–H and O–H groups in total. The molecule has 0 aliphatic rings. The quantitative estimate of drug-likeness (QED) is 0.678. The lowest BCUT2D eigenvalue weighted by Gasteiger charge is -2.22. The molecule has 0 unspecified atom stereocenters. The smallest absolute Gasteiger partial charge is 0.193 e. The van der Waals surface area contributed by atoms with Crippen molar-refractivity contribution >= 4 is 5.96 Å². The second-order valence-electron chi connectivity index (χ2n) is 5.49. The van der Waals surface area contributed by atoms with E-state index in [0.717, 1.165) is 25.5 Å². The van der Waals surface area contributed by atoms with E-state index in [1.165, 1.54) is 16.8 Å². The van der Waals surface area contributed by atoms with Crippen LogP contribution in [0.25, 0.3) is 0 Å². The molecule has 0 atom stereocenters. The minimum absolute atomic E-state index is 0.831. The van der Waals surface area contributed by atoms with Crippen LogP contribution in [0.3, 0.4) is 0 Å². The minimum Gasteiger partial charge on any atom is -0.356 e. The molecule has 2 aromatic heterocycles. The monoisotopic (exact) mass is 299 g/mol. The number of nitrogens with one attached hydrogen (secondary N) is 1. The molecule has 5 heteroatoms. The van der Waals surface area contributed by atoms with Crippen molar-refractivity contribution < 1.29 is 0 Å². The van der Waals surface area contributed by atoms with Crippen LogP contribution < -0.4 is 5.32 Å². The Morgan fingerprint density at radius 1 is 1.41 bits per heavy atom. The van der Waals surface area contributed by atoms with Crippen molar-refractivity contribution in [3.05, 3.63) is 53.6 Å². The van der Waals surface area contributed by atoms with E-state index in [1.54, 1.807) is 0 Å². The number of nitrogens with zero attached hydrogens (tertiary/aromatic N) is 4. The molecule has 0 saturated heterocycles. The van der Waals surface area contributed by atoms with Crippen LogP contribution in [0.2, 0.25) is 0 Å². The van der Waals surface area contributed by atoms with Gasteiger partial charge in [0, 0.05) is 52.0 Å². The van der Waals surface area contributed by atoms with Gasteiger partial charge in [-0.1, -0.05) is 0 Å². The largest absolute Gasteiger partial charge is 0.356 e. The van der Waals surface area contributed by atoms with Crippen LogP contribution in [0.5, 0.6) is 0 Å². The normalized spacial score (nSPS) is 11.5. The van der Waals surface area contributed by atoms with E-state index >= 15 is 0 Å². The summed E-state index contributed by atoms with van der Waals surface area (Å²) >= 11 is 0. The maximum Gasteiger partial charge on any atom is 0.193 e. The summed E-state index contributed by atoms with van der Waals surface area (Å²) in [5.41, 5.74) is 3.81. The van der Waals surface area contributed by atoms with E-state index in [9.17, 15) is 0 Å². The molecule has 0 spiro atoms. The average molecular weight is 299 g/mol. The fraction of sp³-hybridized carbons (Fsp3) is 0.412. The van der Waals surface area contributed by atoms with E-state index < -0.39 is 0 Å². The lowest BCUT2D eigenvalue weighted by molar-refractivity contribution is 0.462. The highest BCUT2D eigenvalue weighted by molar-refractivity contribution is 5.79. The Balaban J connectivity index is 1.87. The summed E-state index contributed by atoms with van der Waals surface area (Å²) in [5, 5.41) is 3.42. The highest BCUT2D eigenvalue weighted by atomic mass is 15.3. The Morgan fingerprint density at radius 3 is 2.86 bits per heavy atom. The third-order valence-corrected chi connectivity index (χ3v) is 3.84. The Morgan fingerprint density at radius 2 is 2.23 bits per heavy atom. The standard InChI is InChI=1S/C17H25N5/c1-14-12-19-9-7-15(14)8-10-20-17(18-2)22(4)13-16-6-5-11-21(16)3/h5-7,9,11-12H,8,10,13H2,1-4H3,(H,18,20). The van der Waals surface area contributed by atoms with Gasteiger partial charge in [0.05, 0.1) is 6.54 Å². The predicted molar refractivity (Wildman–Crippen MR) is 90.9 cm³/mol. The van der Waals surface area contributed by atoms with Crippen molar-refractivity contribution in [2.24, 2.45) is 12.0 Å². The molecule has 0 aliphatic carbocycles. The molecule has 0 aromatic carbocycles. The first kappa shape index (κ1) is 16.1. The first-order valence-electron chi connectivity index (χ1n) is 7.53. The van der Waals surface area contributed by atoms with E-state index in [1.807, 2.05) is 19.4 Å². The van der Waals surface area contributed by atoms with Gasteiger partial charge in [-0.15, -0.1) is 0 Å². The number of guanidine groups is 1. The maximum atomic E-state index is 4.36. The topological polar surface area (TPSA) is 45.5 Å². The number of aryl methyl sites for hydroxylation is 2. The molecular weight excluding hydrogens is 274 g/mol. The molecule has 0 saturated carbocycles. The zero-order chi connectivity index (χ0) is 15.9. The summed E-state index contributed by atoms with van der Waals surface area (Å²) < 4.78 is 2.13. The molecule has 2 aromatic rings. The summed E-state index contributed by atoms with van der Waals surface area (Å²) in [6.45, 7) is 3.78. The third kappa shape index (κ3) is 4.10. The summed E-state index contributed by atoms with van der Waals surface area (Å²) in [6, 6.07) is 6.27. The number of rotatable bonds is 5. The zero-order valence-corrected chi connectivity index (χ0v) is 13.9. The number of aliphatic imine (C=N–C) groups is 1. The molecular formula is C17H25N5. The molecule has 0 amide bonds. The minimum atomic E-state index is 0.831. The fourth-order valence-corrected chi connectivity index (χ4v) is 2.46. The third-order valence-electron chi connectivity index (χ3n) is 3.84. The highest BCUT2D eigenvalue weighted by Crippen LogP contribution is 2.06. The Bertz CT molecular complexity index is 629. The Hall–Kier alpha value is -2.30. The lowest BCUT2D eigenvalue weighted by Crippen LogP contribution is -2.39. The van der Waals surface area contributed by atoms with E-state index in [0.29, 0.717) is 0 Å². The Kier molecular flexibility index (Phi) is 5.58.